The summed E-state index contributed by atoms with van der Waals surface area (Å²) in [4.78, 5) is 14.4. The highest BCUT2D eigenvalue weighted by atomic mass is 19.1. The molecule has 3 rings (SSSR count). The molecule has 1 fully saturated rings. The van der Waals surface area contributed by atoms with Crippen LogP contribution < -0.4 is 5.32 Å². The predicted octanol–water partition coefficient (Wildman–Crippen LogP) is 2.47. The second-order valence-electron chi connectivity index (χ2n) is 6.58. The molecule has 0 saturated carbocycles. The van der Waals surface area contributed by atoms with Gasteiger partial charge in [-0.2, -0.15) is 0 Å². The van der Waals surface area contributed by atoms with Crippen molar-refractivity contribution in [2.75, 3.05) is 13.1 Å². The lowest BCUT2D eigenvalue weighted by molar-refractivity contribution is -0.157. The number of halogens is 1. The van der Waals surface area contributed by atoms with Crippen molar-refractivity contribution >= 4 is 5.91 Å². The molecule has 1 aliphatic heterocycles. The Bertz CT molecular complexity index is 705. The van der Waals surface area contributed by atoms with Gasteiger partial charge in [-0.05, 0) is 36.1 Å². The summed E-state index contributed by atoms with van der Waals surface area (Å²) in [6.07, 6.45) is 1.20. The Morgan fingerprint density at radius 2 is 1.80 bits per heavy atom. The lowest BCUT2D eigenvalue weighted by Gasteiger charge is -2.38. The van der Waals surface area contributed by atoms with Gasteiger partial charge in [-0.25, -0.2) is 4.39 Å². The summed E-state index contributed by atoms with van der Waals surface area (Å²) in [5, 5.41) is 14.0. The molecular formula is C20H23FN2O2. The van der Waals surface area contributed by atoms with Crippen LogP contribution >= 0.6 is 0 Å². The van der Waals surface area contributed by atoms with E-state index < -0.39 is 5.60 Å². The molecule has 5 heteroatoms. The van der Waals surface area contributed by atoms with E-state index in [1.54, 1.807) is 17.0 Å². The van der Waals surface area contributed by atoms with Gasteiger partial charge in [0.05, 0.1) is 0 Å². The topological polar surface area (TPSA) is 52.6 Å². The second kappa shape index (κ2) is 7.76. The van der Waals surface area contributed by atoms with Crippen molar-refractivity contribution in [1.82, 2.24) is 10.2 Å². The number of hydrogen-bond donors (Lipinski definition) is 2. The normalized spacial score (nSPS) is 20.7. The SMILES string of the molecule is O=C1N(Cc2ccc(F)cc2)CCCC1(O)CNCc1ccccc1. The third kappa shape index (κ3) is 4.44. The summed E-state index contributed by atoms with van der Waals surface area (Å²) in [5.41, 5.74) is 0.585. The Kier molecular flexibility index (Phi) is 5.46. The van der Waals surface area contributed by atoms with Crippen LogP contribution in [0.5, 0.6) is 0 Å². The van der Waals surface area contributed by atoms with Gasteiger partial charge < -0.3 is 15.3 Å². The van der Waals surface area contributed by atoms with Gasteiger partial charge in [-0.15, -0.1) is 0 Å². The zero-order chi connectivity index (χ0) is 17.7. The van der Waals surface area contributed by atoms with Gasteiger partial charge in [-0.3, -0.25) is 4.79 Å². The fourth-order valence-electron chi connectivity index (χ4n) is 3.20. The van der Waals surface area contributed by atoms with Crippen LogP contribution in [0.4, 0.5) is 4.39 Å². The van der Waals surface area contributed by atoms with Crippen LogP contribution in [-0.4, -0.2) is 34.6 Å². The van der Waals surface area contributed by atoms with Crippen molar-refractivity contribution in [3.8, 4) is 0 Å². The fraction of sp³-hybridized carbons (Fsp3) is 0.350. The van der Waals surface area contributed by atoms with Crippen molar-refractivity contribution in [1.29, 1.82) is 0 Å². The van der Waals surface area contributed by atoms with E-state index in [0.29, 0.717) is 26.1 Å². The fourth-order valence-corrected chi connectivity index (χ4v) is 3.20. The molecule has 0 radical (unpaired) electrons. The number of rotatable bonds is 6. The van der Waals surface area contributed by atoms with Crippen molar-refractivity contribution < 1.29 is 14.3 Å². The number of nitrogens with one attached hydrogen (secondary N) is 1. The van der Waals surface area contributed by atoms with Gasteiger partial charge >= 0.3 is 0 Å². The summed E-state index contributed by atoms with van der Waals surface area (Å²) in [5.74, 6) is -0.557. The third-order valence-electron chi connectivity index (χ3n) is 4.58. The summed E-state index contributed by atoms with van der Waals surface area (Å²) < 4.78 is 13.0. The molecule has 1 saturated heterocycles. The molecule has 132 valence electrons. The molecule has 1 unspecified atom stereocenters. The standard InChI is InChI=1S/C20H23FN2O2/c21-18-9-7-17(8-10-18)14-23-12-4-11-20(25,19(23)24)15-22-13-16-5-2-1-3-6-16/h1-3,5-10,22,25H,4,11-15H2. The molecule has 0 aromatic heterocycles. The first-order chi connectivity index (χ1) is 12.1. The first kappa shape index (κ1) is 17.6. The monoisotopic (exact) mass is 342 g/mol. The van der Waals surface area contributed by atoms with E-state index in [1.807, 2.05) is 30.3 Å². The maximum Gasteiger partial charge on any atom is 0.256 e. The van der Waals surface area contributed by atoms with Crippen LogP contribution in [-0.2, 0) is 17.9 Å². The maximum atomic E-state index is 13.0. The van der Waals surface area contributed by atoms with Gasteiger partial charge in [0.1, 0.15) is 5.82 Å². The zero-order valence-electron chi connectivity index (χ0n) is 14.1. The molecule has 0 aliphatic carbocycles. The molecule has 4 nitrogen and oxygen atoms in total. The highest BCUT2D eigenvalue weighted by Gasteiger charge is 2.41. The van der Waals surface area contributed by atoms with E-state index in [2.05, 4.69) is 5.32 Å². The first-order valence-corrected chi connectivity index (χ1v) is 8.58. The molecule has 1 aliphatic rings. The van der Waals surface area contributed by atoms with E-state index in [0.717, 1.165) is 17.5 Å². The molecule has 2 N–H and O–H groups in total. The Morgan fingerprint density at radius 1 is 1.08 bits per heavy atom. The third-order valence-corrected chi connectivity index (χ3v) is 4.58. The lowest BCUT2D eigenvalue weighted by atomic mass is 9.91. The van der Waals surface area contributed by atoms with Crippen LogP contribution in [0.2, 0.25) is 0 Å². The highest BCUT2D eigenvalue weighted by Crippen LogP contribution is 2.24. The number of carbonyl (C=O) groups excluding carboxylic acids is 1. The minimum atomic E-state index is -1.38. The van der Waals surface area contributed by atoms with Crippen LogP contribution in [0, 0.1) is 5.82 Å². The summed E-state index contributed by atoms with van der Waals surface area (Å²) >= 11 is 0. The average molecular weight is 342 g/mol. The summed E-state index contributed by atoms with van der Waals surface area (Å²) in [6, 6.07) is 16.0. The molecule has 1 amide bonds. The van der Waals surface area contributed by atoms with E-state index in [9.17, 15) is 14.3 Å². The summed E-state index contributed by atoms with van der Waals surface area (Å²) in [7, 11) is 0. The quantitative estimate of drug-likeness (QED) is 0.848. The smallest absolute Gasteiger partial charge is 0.256 e. The average Bonchev–Trinajstić information content (AvgIpc) is 2.62. The second-order valence-corrected chi connectivity index (χ2v) is 6.58. The first-order valence-electron chi connectivity index (χ1n) is 8.58. The van der Waals surface area contributed by atoms with Gasteiger partial charge in [-0.1, -0.05) is 42.5 Å². The van der Waals surface area contributed by atoms with Crippen LogP contribution in [0.3, 0.4) is 0 Å². The molecule has 1 heterocycles. The van der Waals surface area contributed by atoms with Crippen molar-refractivity contribution in [3.05, 3.63) is 71.5 Å². The molecule has 1 atom stereocenters. The van der Waals surface area contributed by atoms with E-state index >= 15 is 0 Å². The largest absolute Gasteiger partial charge is 0.379 e. The maximum absolute atomic E-state index is 13.0. The zero-order valence-corrected chi connectivity index (χ0v) is 14.1. The van der Waals surface area contributed by atoms with Crippen LogP contribution in [0.1, 0.15) is 24.0 Å². The van der Waals surface area contributed by atoms with E-state index in [-0.39, 0.29) is 18.3 Å². The van der Waals surface area contributed by atoms with Gasteiger partial charge in [0, 0.05) is 26.2 Å². The minimum Gasteiger partial charge on any atom is -0.379 e. The number of amides is 1. The number of piperidine rings is 1. The molecular weight excluding hydrogens is 319 g/mol. The molecule has 2 aromatic carbocycles. The van der Waals surface area contributed by atoms with Crippen molar-refractivity contribution in [2.45, 2.75) is 31.5 Å². The van der Waals surface area contributed by atoms with Crippen LogP contribution in [0.25, 0.3) is 0 Å². The number of hydrogen-bond acceptors (Lipinski definition) is 3. The van der Waals surface area contributed by atoms with Crippen LogP contribution in [0.15, 0.2) is 54.6 Å². The Balaban J connectivity index is 1.59. The highest BCUT2D eigenvalue weighted by molar-refractivity contribution is 5.86. The Morgan fingerprint density at radius 3 is 2.52 bits per heavy atom. The molecule has 0 spiro atoms. The number of benzene rings is 2. The Hall–Kier alpha value is -2.24. The minimum absolute atomic E-state index is 0.223. The van der Waals surface area contributed by atoms with E-state index in [4.69, 9.17) is 0 Å². The summed E-state index contributed by atoms with van der Waals surface area (Å²) in [6.45, 7) is 1.83. The number of carbonyl (C=O) groups is 1. The van der Waals surface area contributed by atoms with Crippen molar-refractivity contribution in [3.63, 3.8) is 0 Å². The number of aliphatic hydroxyl groups is 1. The number of likely N-dealkylation sites (tertiary alicyclic amines) is 1. The molecule has 25 heavy (non-hydrogen) atoms. The predicted molar refractivity (Wildman–Crippen MR) is 94.1 cm³/mol. The number of nitrogens with zero attached hydrogens (tertiary/aromatic N) is 1. The van der Waals surface area contributed by atoms with Gasteiger partial charge in [0.2, 0.25) is 0 Å². The van der Waals surface area contributed by atoms with Gasteiger partial charge in [0.25, 0.3) is 5.91 Å². The van der Waals surface area contributed by atoms with E-state index in [1.165, 1.54) is 12.1 Å². The lowest BCUT2D eigenvalue weighted by Crippen LogP contribution is -2.57. The Labute approximate surface area is 147 Å². The van der Waals surface area contributed by atoms with Gasteiger partial charge in [0.15, 0.2) is 5.60 Å². The molecule has 2 aromatic rings. The van der Waals surface area contributed by atoms with Crippen molar-refractivity contribution in [2.24, 2.45) is 0 Å². The molecule has 0 bridgehead atoms.